The Kier molecular flexibility index (Phi) is 4.26. The summed E-state index contributed by atoms with van der Waals surface area (Å²) in [5.41, 5.74) is 1.02. The Hall–Kier alpha value is -1.48. The molecule has 0 saturated carbocycles. The van der Waals surface area contributed by atoms with E-state index in [9.17, 15) is 5.11 Å². The van der Waals surface area contributed by atoms with Crippen LogP contribution in [0.2, 0.25) is 0 Å². The SMILES string of the molecule is CC(C)CCC(O)/C=C/c1ccc2c(c1)OCO2. The molecule has 1 aliphatic heterocycles. The molecule has 0 spiro atoms. The van der Waals surface area contributed by atoms with E-state index in [1.165, 1.54) is 0 Å². The number of ether oxygens (including phenoxy) is 2. The van der Waals surface area contributed by atoms with Gasteiger partial charge in [0.1, 0.15) is 0 Å². The van der Waals surface area contributed by atoms with E-state index in [0.29, 0.717) is 12.7 Å². The molecule has 1 N–H and O–H groups in total. The molecule has 1 atom stereocenters. The van der Waals surface area contributed by atoms with Crippen molar-refractivity contribution in [3.05, 3.63) is 29.8 Å². The van der Waals surface area contributed by atoms with Crippen LogP contribution in [0, 0.1) is 5.92 Å². The molecule has 3 heteroatoms. The third-order valence-electron chi connectivity index (χ3n) is 2.95. The maximum Gasteiger partial charge on any atom is 0.231 e. The highest BCUT2D eigenvalue weighted by Crippen LogP contribution is 2.32. The first-order chi connectivity index (χ1) is 8.65. The topological polar surface area (TPSA) is 38.7 Å². The molecule has 3 nitrogen and oxygen atoms in total. The summed E-state index contributed by atoms with van der Waals surface area (Å²) in [5.74, 6) is 2.18. The summed E-state index contributed by atoms with van der Waals surface area (Å²) in [5, 5.41) is 9.81. The van der Waals surface area contributed by atoms with Gasteiger partial charge >= 0.3 is 0 Å². The Balaban J connectivity index is 1.92. The van der Waals surface area contributed by atoms with Gasteiger partial charge in [-0.1, -0.05) is 32.1 Å². The van der Waals surface area contributed by atoms with E-state index >= 15 is 0 Å². The van der Waals surface area contributed by atoms with Crippen LogP contribution in [0.1, 0.15) is 32.3 Å². The fourth-order valence-corrected chi connectivity index (χ4v) is 1.84. The highest BCUT2D eigenvalue weighted by molar-refractivity contribution is 5.56. The predicted molar refractivity (Wildman–Crippen MR) is 71.7 cm³/mol. The van der Waals surface area contributed by atoms with Crippen LogP contribution in [-0.4, -0.2) is 18.0 Å². The Morgan fingerprint density at radius 1 is 1.22 bits per heavy atom. The smallest absolute Gasteiger partial charge is 0.231 e. The van der Waals surface area contributed by atoms with Crippen molar-refractivity contribution in [2.75, 3.05) is 6.79 Å². The van der Waals surface area contributed by atoms with Crippen LogP contribution in [0.15, 0.2) is 24.3 Å². The monoisotopic (exact) mass is 248 g/mol. The van der Waals surface area contributed by atoms with Crippen molar-refractivity contribution in [3.63, 3.8) is 0 Å². The zero-order valence-electron chi connectivity index (χ0n) is 10.9. The number of hydrogen-bond donors (Lipinski definition) is 1. The van der Waals surface area contributed by atoms with Crippen LogP contribution in [0.5, 0.6) is 11.5 Å². The van der Waals surface area contributed by atoms with Gasteiger partial charge in [0.2, 0.25) is 6.79 Å². The first-order valence-corrected chi connectivity index (χ1v) is 6.41. The predicted octanol–water partition coefficient (Wildman–Crippen LogP) is 3.23. The van der Waals surface area contributed by atoms with E-state index < -0.39 is 0 Å². The second-order valence-corrected chi connectivity index (χ2v) is 5.01. The van der Waals surface area contributed by atoms with Crippen molar-refractivity contribution in [2.45, 2.75) is 32.8 Å². The molecule has 1 aromatic rings. The minimum Gasteiger partial charge on any atom is -0.454 e. The molecule has 1 heterocycles. The number of rotatable bonds is 5. The summed E-state index contributed by atoms with van der Waals surface area (Å²) >= 11 is 0. The van der Waals surface area contributed by atoms with Crippen molar-refractivity contribution < 1.29 is 14.6 Å². The van der Waals surface area contributed by atoms with Gasteiger partial charge in [-0.3, -0.25) is 0 Å². The second kappa shape index (κ2) is 5.91. The number of benzene rings is 1. The summed E-state index contributed by atoms with van der Waals surface area (Å²) in [4.78, 5) is 0. The summed E-state index contributed by atoms with van der Waals surface area (Å²) in [6.07, 6.45) is 5.22. The molecule has 0 fully saturated rings. The van der Waals surface area contributed by atoms with Gasteiger partial charge in [0.05, 0.1) is 6.10 Å². The molecule has 18 heavy (non-hydrogen) atoms. The second-order valence-electron chi connectivity index (χ2n) is 5.01. The molecule has 1 aromatic carbocycles. The zero-order valence-corrected chi connectivity index (χ0v) is 10.9. The van der Waals surface area contributed by atoms with Crippen LogP contribution >= 0.6 is 0 Å². The summed E-state index contributed by atoms with van der Waals surface area (Å²) in [6.45, 7) is 4.61. The lowest BCUT2D eigenvalue weighted by molar-refractivity contribution is 0.174. The highest BCUT2D eigenvalue weighted by atomic mass is 16.7. The van der Waals surface area contributed by atoms with Crippen molar-refractivity contribution in [3.8, 4) is 11.5 Å². The molecule has 98 valence electrons. The third-order valence-corrected chi connectivity index (χ3v) is 2.95. The lowest BCUT2D eigenvalue weighted by Crippen LogP contribution is -2.03. The number of fused-ring (bicyclic) bond motifs is 1. The molecule has 0 aliphatic carbocycles. The molecule has 2 rings (SSSR count). The first kappa shape index (κ1) is 13.0. The Bertz CT molecular complexity index is 424. The minimum atomic E-state index is -0.377. The largest absolute Gasteiger partial charge is 0.454 e. The number of aliphatic hydroxyl groups excluding tert-OH is 1. The van der Waals surface area contributed by atoms with E-state index in [0.717, 1.165) is 29.9 Å². The van der Waals surface area contributed by atoms with Crippen LogP contribution in [0.3, 0.4) is 0 Å². The number of hydrogen-bond acceptors (Lipinski definition) is 3. The molecule has 0 saturated heterocycles. The van der Waals surface area contributed by atoms with Gasteiger partial charge < -0.3 is 14.6 Å². The van der Waals surface area contributed by atoms with Gasteiger partial charge in [0.25, 0.3) is 0 Å². The molecule has 0 radical (unpaired) electrons. The number of aliphatic hydroxyl groups is 1. The summed E-state index contributed by atoms with van der Waals surface area (Å²) < 4.78 is 10.6. The molecule has 1 aliphatic rings. The standard InChI is InChI=1S/C15H20O3/c1-11(2)3-6-13(16)7-4-12-5-8-14-15(9-12)18-10-17-14/h4-5,7-9,11,13,16H,3,6,10H2,1-2H3/b7-4+. The Labute approximate surface area is 108 Å². The molecule has 0 aromatic heterocycles. The fourth-order valence-electron chi connectivity index (χ4n) is 1.84. The van der Waals surface area contributed by atoms with Crippen molar-refractivity contribution in [2.24, 2.45) is 5.92 Å². The lowest BCUT2D eigenvalue weighted by Gasteiger charge is -2.07. The first-order valence-electron chi connectivity index (χ1n) is 6.41. The summed E-state index contributed by atoms with van der Waals surface area (Å²) in [7, 11) is 0. The van der Waals surface area contributed by atoms with Gasteiger partial charge in [0, 0.05) is 0 Å². The van der Waals surface area contributed by atoms with E-state index in [1.54, 1.807) is 0 Å². The highest BCUT2D eigenvalue weighted by Gasteiger charge is 2.12. The normalized spacial score (nSPS) is 15.6. The quantitative estimate of drug-likeness (QED) is 0.869. The van der Waals surface area contributed by atoms with Gasteiger partial charge in [-0.05, 0) is 36.5 Å². The maximum absolute atomic E-state index is 9.81. The van der Waals surface area contributed by atoms with Crippen LogP contribution in [-0.2, 0) is 0 Å². The van der Waals surface area contributed by atoms with Crippen LogP contribution in [0.4, 0.5) is 0 Å². The average molecular weight is 248 g/mol. The van der Waals surface area contributed by atoms with Crippen molar-refractivity contribution in [1.29, 1.82) is 0 Å². The molecule has 0 amide bonds. The van der Waals surface area contributed by atoms with Crippen LogP contribution < -0.4 is 9.47 Å². The summed E-state index contributed by atoms with van der Waals surface area (Å²) in [6, 6.07) is 5.77. The van der Waals surface area contributed by atoms with Gasteiger partial charge in [-0.2, -0.15) is 0 Å². The van der Waals surface area contributed by atoms with E-state index in [-0.39, 0.29) is 6.10 Å². The zero-order chi connectivity index (χ0) is 13.0. The minimum absolute atomic E-state index is 0.291. The van der Waals surface area contributed by atoms with Gasteiger partial charge in [-0.25, -0.2) is 0 Å². The van der Waals surface area contributed by atoms with E-state index in [1.807, 2.05) is 30.4 Å². The van der Waals surface area contributed by atoms with Gasteiger partial charge in [-0.15, -0.1) is 0 Å². The van der Waals surface area contributed by atoms with Crippen LogP contribution in [0.25, 0.3) is 6.08 Å². The average Bonchev–Trinajstić information content (AvgIpc) is 2.81. The fraction of sp³-hybridized carbons (Fsp3) is 0.467. The van der Waals surface area contributed by atoms with E-state index in [4.69, 9.17) is 9.47 Å². The molecule has 1 unspecified atom stereocenters. The molecular formula is C15H20O3. The lowest BCUT2D eigenvalue weighted by atomic mass is 10.0. The Morgan fingerprint density at radius 2 is 2.00 bits per heavy atom. The van der Waals surface area contributed by atoms with Crippen molar-refractivity contribution in [1.82, 2.24) is 0 Å². The van der Waals surface area contributed by atoms with Crippen molar-refractivity contribution >= 4 is 6.08 Å². The van der Waals surface area contributed by atoms with E-state index in [2.05, 4.69) is 13.8 Å². The molecule has 0 bridgehead atoms. The third kappa shape index (κ3) is 3.50. The molecular weight excluding hydrogens is 228 g/mol. The Morgan fingerprint density at radius 3 is 2.78 bits per heavy atom. The van der Waals surface area contributed by atoms with Gasteiger partial charge in [0.15, 0.2) is 11.5 Å². The maximum atomic E-state index is 9.81.